The van der Waals surface area contributed by atoms with Gasteiger partial charge in [0.1, 0.15) is 11.5 Å². The first kappa shape index (κ1) is 13.8. The molecule has 2 unspecified atom stereocenters. The maximum absolute atomic E-state index is 12.5. The van der Waals surface area contributed by atoms with E-state index in [0.717, 1.165) is 37.1 Å². The number of aliphatic carboxylic acids is 1. The predicted molar refractivity (Wildman–Crippen MR) is 75.6 cm³/mol. The van der Waals surface area contributed by atoms with Crippen LogP contribution in [-0.2, 0) is 16.1 Å². The highest BCUT2D eigenvalue weighted by Gasteiger charge is 2.73. The molecule has 0 radical (unpaired) electrons. The first-order chi connectivity index (χ1) is 10.5. The van der Waals surface area contributed by atoms with Gasteiger partial charge in [0.25, 0.3) is 0 Å². The SMILES string of the molecule is Cc1cc(CNC(=O)[C@@H]2C[C@H]3CC[C@@H]2C32CC2C(=O)O)no1. The number of rotatable bonds is 4. The highest BCUT2D eigenvalue weighted by Crippen LogP contribution is 2.75. The van der Waals surface area contributed by atoms with Crippen LogP contribution in [0.3, 0.4) is 0 Å². The van der Waals surface area contributed by atoms with Gasteiger partial charge in [0.2, 0.25) is 5.91 Å². The van der Waals surface area contributed by atoms with Gasteiger partial charge < -0.3 is 14.9 Å². The van der Waals surface area contributed by atoms with Gasteiger partial charge in [-0.2, -0.15) is 0 Å². The minimum atomic E-state index is -0.684. The van der Waals surface area contributed by atoms with Crippen LogP contribution in [0.25, 0.3) is 0 Å². The summed E-state index contributed by atoms with van der Waals surface area (Å²) in [4.78, 5) is 23.8. The van der Waals surface area contributed by atoms with E-state index in [1.807, 2.05) is 13.0 Å². The van der Waals surface area contributed by atoms with Gasteiger partial charge in [0, 0.05) is 12.0 Å². The summed E-state index contributed by atoms with van der Waals surface area (Å²) in [5, 5.41) is 16.1. The second-order valence-corrected chi connectivity index (χ2v) is 7.08. The van der Waals surface area contributed by atoms with Gasteiger partial charge >= 0.3 is 5.97 Å². The molecule has 2 N–H and O–H groups in total. The molecule has 6 nitrogen and oxygen atoms in total. The first-order valence-electron chi connectivity index (χ1n) is 7.95. The molecule has 1 aromatic heterocycles. The number of carboxylic acid groups (broad SMARTS) is 1. The lowest BCUT2D eigenvalue weighted by Gasteiger charge is -2.21. The van der Waals surface area contributed by atoms with Crippen LogP contribution in [0.15, 0.2) is 10.6 Å². The van der Waals surface area contributed by atoms with Crippen LogP contribution in [0.1, 0.15) is 37.1 Å². The Bertz CT molecular complexity index is 640. The Morgan fingerprint density at radius 2 is 2.32 bits per heavy atom. The monoisotopic (exact) mass is 304 g/mol. The van der Waals surface area contributed by atoms with Gasteiger partial charge in [-0.15, -0.1) is 0 Å². The molecule has 1 amide bonds. The zero-order valence-corrected chi connectivity index (χ0v) is 12.5. The van der Waals surface area contributed by atoms with Crippen molar-refractivity contribution in [3.05, 3.63) is 17.5 Å². The molecule has 3 saturated carbocycles. The fourth-order valence-electron chi connectivity index (χ4n) is 5.18. The Kier molecular flexibility index (Phi) is 2.86. The topological polar surface area (TPSA) is 92.4 Å². The van der Waals surface area contributed by atoms with Crippen LogP contribution < -0.4 is 5.32 Å². The molecule has 0 saturated heterocycles. The Morgan fingerprint density at radius 3 is 2.95 bits per heavy atom. The van der Waals surface area contributed by atoms with Gasteiger partial charge in [-0.05, 0) is 49.9 Å². The van der Waals surface area contributed by atoms with E-state index in [4.69, 9.17) is 4.52 Å². The number of aromatic nitrogens is 1. The van der Waals surface area contributed by atoms with Gasteiger partial charge in [-0.3, -0.25) is 9.59 Å². The van der Waals surface area contributed by atoms with Crippen molar-refractivity contribution in [3.63, 3.8) is 0 Å². The smallest absolute Gasteiger partial charge is 0.307 e. The fourth-order valence-corrected chi connectivity index (χ4v) is 5.18. The van der Waals surface area contributed by atoms with E-state index in [2.05, 4.69) is 10.5 Å². The largest absolute Gasteiger partial charge is 0.481 e. The third kappa shape index (κ3) is 1.82. The molecular weight excluding hydrogens is 284 g/mol. The minimum Gasteiger partial charge on any atom is -0.481 e. The molecule has 1 aromatic rings. The molecule has 3 aliphatic rings. The van der Waals surface area contributed by atoms with Crippen molar-refractivity contribution in [2.45, 2.75) is 39.2 Å². The van der Waals surface area contributed by atoms with Crippen molar-refractivity contribution in [3.8, 4) is 0 Å². The van der Waals surface area contributed by atoms with E-state index >= 15 is 0 Å². The Hall–Kier alpha value is -1.85. The summed E-state index contributed by atoms with van der Waals surface area (Å²) < 4.78 is 4.99. The van der Waals surface area contributed by atoms with Crippen LogP contribution in [0.2, 0.25) is 0 Å². The van der Waals surface area contributed by atoms with Crippen molar-refractivity contribution in [2.75, 3.05) is 0 Å². The highest BCUT2D eigenvalue weighted by atomic mass is 16.5. The molecule has 1 heterocycles. The fraction of sp³-hybridized carbons (Fsp3) is 0.688. The van der Waals surface area contributed by atoms with Gasteiger partial charge in [0.15, 0.2) is 0 Å². The van der Waals surface area contributed by atoms with Crippen molar-refractivity contribution in [1.29, 1.82) is 0 Å². The normalized spacial score (nSPS) is 38.4. The number of carbonyl (C=O) groups excluding carboxylic acids is 1. The minimum absolute atomic E-state index is 0.0314. The number of nitrogens with zero attached hydrogens (tertiary/aromatic N) is 1. The summed E-state index contributed by atoms with van der Waals surface area (Å²) >= 11 is 0. The molecule has 1 spiro atoms. The summed E-state index contributed by atoms with van der Waals surface area (Å²) in [7, 11) is 0. The van der Waals surface area contributed by atoms with Crippen LogP contribution in [0.4, 0.5) is 0 Å². The maximum Gasteiger partial charge on any atom is 0.307 e. The molecule has 0 aliphatic heterocycles. The van der Waals surface area contributed by atoms with Crippen molar-refractivity contribution in [1.82, 2.24) is 10.5 Å². The Morgan fingerprint density at radius 1 is 1.50 bits per heavy atom. The molecule has 4 rings (SSSR count). The average molecular weight is 304 g/mol. The van der Waals surface area contributed by atoms with Crippen LogP contribution in [-0.4, -0.2) is 22.1 Å². The summed E-state index contributed by atoms with van der Waals surface area (Å²) in [6.45, 7) is 2.19. The lowest BCUT2D eigenvalue weighted by molar-refractivity contribution is -0.140. The predicted octanol–water partition coefficient (Wildman–Crippen LogP) is 1.74. The summed E-state index contributed by atoms with van der Waals surface area (Å²) in [5.41, 5.74) is 0.650. The number of amides is 1. The average Bonchev–Trinajstić information content (AvgIpc) is 2.82. The molecule has 118 valence electrons. The quantitative estimate of drug-likeness (QED) is 0.884. The summed E-state index contributed by atoms with van der Waals surface area (Å²) in [5.74, 6) is 0.503. The van der Waals surface area contributed by atoms with E-state index in [1.54, 1.807) is 0 Å². The van der Waals surface area contributed by atoms with Gasteiger partial charge in [-0.1, -0.05) is 5.16 Å². The van der Waals surface area contributed by atoms with Gasteiger partial charge in [0.05, 0.1) is 12.5 Å². The molecule has 3 aliphatic carbocycles. The van der Waals surface area contributed by atoms with Crippen LogP contribution >= 0.6 is 0 Å². The first-order valence-corrected chi connectivity index (χ1v) is 7.95. The third-order valence-electron chi connectivity index (χ3n) is 6.10. The zero-order chi connectivity index (χ0) is 15.5. The lowest BCUT2D eigenvalue weighted by Crippen LogP contribution is -2.34. The Balaban J connectivity index is 1.42. The zero-order valence-electron chi connectivity index (χ0n) is 12.5. The maximum atomic E-state index is 12.5. The number of nitrogens with one attached hydrogen (secondary N) is 1. The van der Waals surface area contributed by atoms with E-state index in [1.165, 1.54) is 0 Å². The molecule has 5 atom stereocenters. The lowest BCUT2D eigenvalue weighted by atomic mass is 9.85. The second kappa shape index (κ2) is 4.57. The Labute approximate surface area is 128 Å². The standard InChI is InChI=1S/C16H20N2O4/c1-8-4-10(18-22-8)7-17-14(19)11-5-9-2-3-12(11)16(9)6-13(16)15(20)21/h4,9,11-13H,2-3,5-7H2,1H3,(H,17,19)(H,20,21)/t9-,11-,12+,13?,16?/m1/s1. The molecule has 22 heavy (non-hydrogen) atoms. The van der Waals surface area contributed by atoms with E-state index in [9.17, 15) is 14.7 Å². The molecule has 0 aromatic carbocycles. The summed E-state index contributed by atoms with van der Waals surface area (Å²) in [6, 6.07) is 1.81. The molecule has 3 fully saturated rings. The van der Waals surface area contributed by atoms with E-state index in [-0.39, 0.29) is 29.1 Å². The summed E-state index contributed by atoms with van der Waals surface area (Å²) in [6.07, 6.45) is 3.69. The van der Waals surface area contributed by atoms with Gasteiger partial charge in [-0.25, -0.2) is 0 Å². The molecular formula is C16H20N2O4. The van der Waals surface area contributed by atoms with Crippen LogP contribution in [0, 0.1) is 36.0 Å². The van der Waals surface area contributed by atoms with Crippen molar-refractivity contribution >= 4 is 11.9 Å². The molecule has 6 heteroatoms. The number of carboxylic acids is 1. The van der Waals surface area contributed by atoms with Crippen molar-refractivity contribution < 1.29 is 19.2 Å². The second-order valence-electron chi connectivity index (χ2n) is 7.08. The van der Waals surface area contributed by atoms with Crippen LogP contribution in [0.5, 0.6) is 0 Å². The molecule has 2 bridgehead atoms. The number of hydrogen-bond donors (Lipinski definition) is 2. The third-order valence-corrected chi connectivity index (χ3v) is 6.10. The van der Waals surface area contributed by atoms with E-state index < -0.39 is 5.97 Å². The highest BCUT2D eigenvalue weighted by molar-refractivity contribution is 5.81. The number of carbonyl (C=O) groups is 2. The number of hydrogen-bond acceptors (Lipinski definition) is 4. The number of aryl methyl sites for hydroxylation is 1. The van der Waals surface area contributed by atoms with Crippen molar-refractivity contribution in [2.24, 2.45) is 29.1 Å². The van der Waals surface area contributed by atoms with E-state index in [0.29, 0.717) is 12.5 Å².